The van der Waals surface area contributed by atoms with Crippen molar-refractivity contribution in [3.8, 4) is 6.01 Å². The Kier molecular flexibility index (Phi) is 5.83. The number of rotatable bonds is 8. The zero-order valence-electron chi connectivity index (χ0n) is 16.6. The molecule has 0 amide bonds. The molecular weight excluding hydrogens is 354 g/mol. The van der Waals surface area contributed by atoms with Crippen LogP contribution in [0.4, 0.5) is 0 Å². The second-order valence-electron chi connectivity index (χ2n) is 7.25. The van der Waals surface area contributed by atoms with Gasteiger partial charge in [0.05, 0.1) is 19.3 Å². The van der Waals surface area contributed by atoms with Crippen LogP contribution in [-0.4, -0.2) is 57.8 Å². The highest BCUT2D eigenvalue weighted by Gasteiger charge is 2.13. The fourth-order valence-corrected chi connectivity index (χ4v) is 3.62. The highest BCUT2D eigenvalue weighted by atomic mass is 16.5. The van der Waals surface area contributed by atoms with Crippen molar-refractivity contribution in [3.05, 3.63) is 47.4 Å². The molecule has 1 saturated heterocycles. The summed E-state index contributed by atoms with van der Waals surface area (Å²) in [4.78, 5) is 15.9. The van der Waals surface area contributed by atoms with Gasteiger partial charge in [-0.2, -0.15) is 4.98 Å². The van der Waals surface area contributed by atoms with Gasteiger partial charge in [-0.25, -0.2) is 9.97 Å². The largest absolute Gasteiger partial charge is 0.461 e. The van der Waals surface area contributed by atoms with E-state index in [1.54, 1.807) is 13.3 Å². The van der Waals surface area contributed by atoms with Crippen LogP contribution in [0, 0.1) is 6.92 Å². The van der Waals surface area contributed by atoms with Crippen molar-refractivity contribution >= 4 is 11.2 Å². The fraction of sp³-hybridized carbons (Fsp3) is 0.476. The van der Waals surface area contributed by atoms with Gasteiger partial charge in [0.25, 0.3) is 0 Å². The molecule has 0 aliphatic carbocycles. The SMILES string of the molecule is COCCOc1ncc2nc(C)n(Cc3ccc(CN4CCCC4)cc3)c2n1. The van der Waals surface area contributed by atoms with Gasteiger partial charge in [-0.1, -0.05) is 24.3 Å². The summed E-state index contributed by atoms with van der Waals surface area (Å²) in [6, 6.07) is 9.22. The molecule has 1 aliphatic heterocycles. The zero-order chi connectivity index (χ0) is 19.3. The number of aryl methyl sites for hydroxylation is 1. The number of benzene rings is 1. The molecule has 2 aromatic heterocycles. The number of ether oxygens (including phenoxy) is 2. The van der Waals surface area contributed by atoms with Gasteiger partial charge in [0.15, 0.2) is 5.65 Å². The monoisotopic (exact) mass is 381 g/mol. The minimum atomic E-state index is 0.353. The maximum Gasteiger partial charge on any atom is 0.318 e. The lowest BCUT2D eigenvalue weighted by Crippen LogP contribution is -2.18. The van der Waals surface area contributed by atoms with Gasteiger partial charge >= 0.3 is 6.01 Å². The molecule has 0 radical (unpaired) electrons. The molecule has 1 fully saturated rings. The van der Waals surface area contributed by atoms with E-state index >= 15 is 0 Å². The number of imidazole rings is 1. The fourth-order valence-electron chi connectivity index (χ4n) is 3.62. The molecule has 1 aromatic carbocycles. The molecule has 4 rings (SSSR count). The molecule has 0 bridgehead atoms. The van der Waals surface area contributed by atoms with E-state index in [9.17, 15) is 0 Å². The van der Waals surface area contributed by atoms with Gasteiger partial charge in [-0.05, 0) is 44.0 Å². The molecule has 0 N–H and O–H groups in total. The molecular formula is C21H27N5O2. The first-order valence-corrected chi connectivity index (χ1v) is 9.85. The molecule has 148 valence electrons. The number of methoxy groups -OCH3 is 1. The lowest BCUT2D eigenvalue weighted by molar-refractivity contribution is 0.141. The molecule has 0 spiro atoms. The molecule has 28 heavy (non-hydrogen) atoms. The Bertz CT molecular complexity index is 916. The topological polar surface area (TPSA) is 65.3 Å². The smallest absolute Gasteiger partial charge is 0.318 e. The van der Waals surface area contributed by atoms with E-state index in [4.69, 9.17) is 9.47 Å². The van der Waals surface area contributed by atoms with Gasteiger partial charge in [0.1, 0.15) is 17.9 Å². The molecule has 3 aromatic rings. The summed E-state index contributed by atoms with van der Waals surface area (Å²) < 4.78 is 12.7. The minimum Gasteiger partial charge on any atom is -0.461 e. The molecule has 3 heterocycles. The quantitative estimate of drug-likeness (QED) is 0.559. The van der Waals surface area contributed by atoms with Crippen LogP contribution in [0.25, 0.3) is 11.2 Å². The molecule has 0 unspecified atom stereocenters. The Hall–Kier alpha value is -2.51. The molecule has 0 atom stereocenters. The van der Waals surface area contributed by atoms with Crippen LogP contribution in [0.3, 0.4) is 0 Å². The van der Waals surface area contributed by atoms with Gasteiger partial charge < -0.3 is 14.0 Å². The van der Waals surface area contributed by atoms with Gasteiger partial charge in [0.2, 0.25) is 0 Å². The molecule has 7 heteroatoms. The highest BCUT2D eigenvalue weighted by molar-refractivity contribution is 5.70. The zero-order valence-corrected chi connectivity index (χ0v) is 16.6. The Morgan fingerprint density at radius 3 is 2.39 bits per heavy atom. The van der Waals surface area contributed by atoms with Crippen molar-refractivity contribution in [3.63, 3.8) is 0 Å². The first-order chi connectivity index (χ1) is 13.7. The van der Waals surface area contributed by atoms with Crippen molar-refractivity contribution in [2.24, 2.45) is 0 Å². The van der Waals surface area contributed by atoms with Crippen LogP contribution < -0.4 is 4.74 Å². The number of hydrogen-bond donors (Lipinski definition) is 0. The third kappa shape index (κ3) is 4.31. The van der Waals surface area contributed by atoms with E-state index < -0.39 is 0 Å². The third-order valence-corrected chi connectivity index (χ3v) is 5.14. The first kappa shape index (κ1) is 18.8. The predicted octanol–water partition coefficient (Wildman–Crippen LogP) is 2.80. The number of hydrogen-bond acceptors (Lipinski definition) is 6. The van der Waals surface area contributed by atoms with Gasteiger partial charge in [0, 0.05) is 13.7 Å². The Labute approximate surface area is 165 Å². The Morgan fingerprint density at radius 1 is 0.964 bits per heavy atom. The summed E-state index contributed by atoms with van der Waals surface area (Å²) in [6.45, 7) is 7.13. The summed E-state index contributed by atoms with van der Waals surface area (Å²) in [5, 5.41) is 0. The van der Waals surface area contributed by atoms with Crippen LogP contribution in [0.15, 0.2) is 30.5 Å². The Morgan fingerprint density at radius 2 is 1.68 bits per heavy atom. The Balaban J connectivity index is 1.49. The van der Waals surface area contributed by atoms with E-state index in [1.807, 2.05) is 6.92 Å². The first-order valence-electron chi connectivity index (χ1n) is 9.85. The number of fused-ring (bicyclic) bond motifs is 1. The van der Waals surface area contributed by atoms with Crippen molar-refractivity contribution in [2.75, 3.05) is 33.4 Å². The van der Waals surface area contributed by atoms with Crippen molar-refractivity contribution < 1.29 is 9.47 Å². The average Bonchev–Trinajstić information content (AvgIpc) is 3.32. The van der Waals surface area contributed by atoms with Gasteiger partial charge in [-0.15, -0.1) is 0 Å². The lowest BCUT2D eigenvalue weighted by Gasteiger charge is -2.15. The summed E-state index contributed by atoms with van der Waals surface area (Å²) in [5.41, 5.74) is 4.17. The standard InChI is InChI=1S/C21H27N5O2/c1-16-23-19-13-22-21(28-12-11-27-2)24-20(19)26(16)15-18-7-5-17(6-8-18)14-25-9-3-4-10-25/h5-8,13H,3-4,9-12,14-15H2,1-2H3. The van der Waals surface area contributed by atoms with Gasteiger partial charge in [-0.3, -0.25) is 4.90 Å². The van der Waals surface area contributed by atoms with E-state index in [1.165, 1.54) is 37.1 Å². The van der Waals surface area contributed by atoms with Crippen molar-refractivity contribution in [2.45, 2.75) is 32.9 Å². The average molecular weight is 381 g/mol. The third-order valence-electron chi connectivity index (χ3n) is 5.14. The van der Waals surface area contributed by atoms with Crippen LogP contribution in [0.5, 0.6) is 6.01 Å². The van der Waals surface area contributed by atoms with E-state index in [-0.39, 0.29) is 0 Å². The number of aromatic nitrogens is 4. The second kappa shape index (κ2) is 8.67. The molecule has 1 aliphatic rings. The number of nitrogens with zero attached hydrogens (tertiary/aromatic N) is 5. The van der Waals surface area contributed by atoms with Crippen LogP contribution >= 0.6 is 0 Å². The van der Waals surface area contributed by atoms with Crippen LogP contribution in [0.1, 0.15) is 29.8 Å². The summed E-state index contributed by atoms with van der Waals surface area (Å²) >= 11 is 0. The maximum atomic E-state index is 5.55. The molecule has 7 nitrogen and oxygen atoms in total. The van der Waals surface area contributed by atoms with Crippen LogP contribution in [-0.2, 0) is 17.8 Å². The summed E-state index contributed by atoms with van der Waals surface area (Å²) in [6.07, 6.45) is 4.36. The molecule has 0 saturated carbocycles. The van der Waals surface area contributed by atoms with E-state index in [0.717, 1.165) is 30.1 Å². The number of likely N-dealkylation sites (tertiary alicyclic amines) is 1. The predicted molar refractivity (Wildman–Crippen MR) is 107 cm³/mol. The normalized spacial score (nSPS) is 14.8. The maximum absolute atomic E-state index is 5.55. The van der Waals surface area contributed by atoms with E-state index in [2.05, 4.69) is 48.7 Å². The summed E-state index contributed by atoms with van der Waals surface area (Å²) in [5.74, 6) is 0.916. The minimum absolute atomic E-state index is 0.353. The van der Waals surface area contributed by atoms with E-state index in [0.29, 0.717) is 19.2 Å². The summed E-state index contributed by atoms with van der Waals surface area (Å²) in [7, 11) is 1.64. The van der Waals surface area contributed by atoms with Crippen LogP contribution in [0.2, 0.25) is 0 Å². The van der Waals surface area contributed by atoms with Crippen molar-refractivity contribution in [1.29, 1.82) is 0 Å². The highest BCUT2D eigenvalue weighted by Crippen LogP contribution is 2.19. The van der Waals surface area contributed by atoms with Crippen molar-refractivity contribution in [1.82, 2.24) is 24.4 Å². The second-order valence-corrected chi connectivity index (χ2v) is 7.25. The lowest BCUT2D eigenvalue weighted by atomic mass is 10.1.